The predicted octanol–water partition coefficient (Wildman–Crippen LogP) is 2.40. The molecule has 5 nitrogen and oxygen atoms in total. The second kappa shape index (κ2) is 5.34. The van der Waals surface area contributed by atoms with Crippen LogP contribution in [0.5, 0.6) is 0 Å². The van der Waals surface area contributed by atoms with Crippen LogP contribution in [-0.2, 0) is 10.0 Å². The zero-order chi connectivity index (χ0) is 14.9. The molecule has 106 valence electrons. The van der Waals surface area contributed by atoms with Gasteiger partial charge in [-0.25, -0.2) is 13.4 Å². The van der Waals surface area contributed by atoms with Gasteiger partial charge in [-0.1, -0.05) is 12.1 Å². The Kier molecular flexibility index (Phi) is 3.92. The molecule has 0 fully saturated rings. The summed E-state index contributed by atoms with van der Waals surface area (Å²) in [7, 11) is -2.27. The number of sulfonamides is 1. The van der Waals surface area contributed by atoms with E-state index in [0.717, 1.165) is 15.6 Å². The Morgan fingerprint density at radius 1 is 1.25 bits per heavy atom. The van der Waals surface area contributed by atoms with Crippen LogP contribution in [0.1, 0.15) is 21.1 Å². The molecule has 0 N–H and O–H groups in total. The number of aldehydes is 1. The van der Waals surface area contributed by atoms with Crippen molar-refractivity contribution in [3.05, 3.63) is 40.5 Å². The summed E-state index contributed by atoms with van der Waals surface area (Å²) in [6.07, 6.45) is 0.645. The molecule has 0 bridgehead atoms. The number of rotatable bonds is 4. The Morgan fingerprint density at radius 2 is 1.90 bits per heavy atom. The summed E-state index contributed by atoms with van der Waals surface area (Å²) in [5, 5.41) is 0.693. The van der Waals surface area contributed by atoms with Gasteiger partial charge in [-0.3, -0.25) is 9.10 Å². The second-order valence-electron chi connectivity index (χ2n) is 4.25. The van der Waals surface area contributed by atoms with Gasteiger partial charge in [-0.05, 0) is 26.0 Å². The summed E-state index contributed by atoms with van der Waals surface area (Å²) >= 11 is 1.13. The maximum atomic E-state index is 12.6. The molecule has 1 heterocycles. The second-order valence-corrected chi connectivity index (χ2v) is 7.62. The lowest BCUT2D eigenvalue weighted by atomic mass is 10.2. The average Bonchev–Trinajstić information content (AvgIpc) is 2.77. The van der Waals surface area contributed by atoms with E-state index in [1.165, 1.54) is 7.05 Å². The highest BCUT2D eigenvalue weighted by Gasteiger charge is 2.27. The summed E-state index contributed by atoms with van der Waals surface area (Å²) in [4.78, 5) is 15.2. The van der Waals surface area contributed by atoms with Gasteiger partial charge >= 0.3 is 0 Å². The van der Waals surface area contributed by atoms with Gasteiger partial charge in [0.05, 0.1) is 16.4 Å². The van der Waals surface area contributed by atoms with Crippen LogP contribution in [0.2, 0.25) is 0 Å². The van der Waals surface area contributed by atoms with Crippen LogP contribution in [0.4, 0.5) is 5.69 Å². The predicted molar refractivity (Wildman–Crippen MR) is 79.0 cm³/mol. The largest absolute Gasteiger partial charge is 0.298 e. The van der Waals surface area contributed by atoms with Crippen molar-refractivity contribution in [1.29, 1.82) is 0 Å². The Morgan fingerprint density at radius 3 is 2.45 bits per heavy atom. The minimum Gasteiger partial charge on any atom is -0.298 e. The number of carbonyl (C=O) groups excluding carboxylic acids is 1. The molecule has 0 aliphatic heterocycles. The Hall–Kier alpha value is -1.73. The first-order valence-corrected chi connectivity index (χ1v) is 8.10. The van der Waals surface area contributed by atoms with E-state index in [2.05, 4.69) is 4.98 Å². The molecule has 2 rings (SSSR count). The molecule has 0 saturated carbocycles. The molecule has 1 aromatic carbocycles. The minimum atomic E-state index is -3.70. The van der Waals surface area contributed by atoms with E-state index >= 15 is 0 Å². The molecule has 0 amide bonds. The van der Waals surface area contributed by atoms with Crippen molar-refractivity contribution in [3.8, 4) is 0 Å². The van der Waals surface area contributed by atoms with Crippen LogP contribution in [0.15, 0.2) is 28.5 Å². The molecular weight excluding hydrogens is 296 g/mol. The van der Waals surface area contributed by atoms with Gasteiger partial charge in [0.25, 0.3) is 10.0 Å². The number of carbonyl (C=O) groups is 1. The van der Waals surface area contributed by atoms with Gasteiger partial charge in [0.15, 0.2) is 10.5 Å². The van der Waals surface area contributed by atoms with Crippen LogP contribution in [0.3, 0.4) is 0 Å². The van der Waals surface area contributed by atoms with E-state index in [1.54, 1.807) is 38.1 Å². The van der Waals surface area contributed by atoms with Crippen LogP contribution in [-0.4, -0.2) is 26.7 Å². The van der Waals surface area contributed by atoms with Crippen molar-refractivity contribution < 1.29 is 13.2 Å². The SMILES string of the molecule is Cc1nc(C)c(S(=O)(=O)N(C)c2ccccc2C=O)s1. The fourth-order valence-electron chi connectivity index (χ4n) is 1.88. The van der Waals surface area contributed by atoms with Crippen molar-refractivity contribution in [2.24, 2.45) is 0 Å². The van der Waals surface area contributed by atoms with E-state index in [4.69, 9.17) is 0 Å². The molecule has 0 saturated heterocycles. The summed E-state index contributed by atoms with van der Waals surface area (Å²) in [5.41, 5.74) is 1.16. The molecule has 0 atom stereocenters. The van der Waals surface area contributed by atoms with Crippen LogP contribution < -0.4 is 4.31 Å². The third-order valence-electron chi connectivity index (χ3n) is 2.86. The summed E-state index contributed by atoms with van der Waals surface area (Å²) < 4.78 is 26.6. The molecule has 1 aromatic heterocycles. The van der Waals surface area contributed by atoms with Crippen molar-refractivity contribution in [2.75, 3.05) is 11.4 Å². The maximum Gasteiger partial charge on any atom is 0.275 e. The zero-order valence-corrected chi connectivity index (χ0v) is 13.0. The van der Waals surface area contributed by atoms with Gasteiger partial charge in [-0.2, -0.15) is 0 Å². The zero-order valence-electron chi connectivity index (χ0n) is 11.3. The third-order valence-corrected chi connectivity index (χ3v) is 6.29. The van der Waals surface area contributed by atoms with Gasteiger partial charge in [0.2, 0.25) is 0 Å². The average molecular weight is 310 g/mol. The normalized spacial score (nSPS) is 11.3. The highest BCUT2D eigenvalue weighted by Crippen LogP contribution is 2.29. The van der Waals surface area contributed by atoms with Gasteiger partial charge in [0.1, 0.15) is 0 Å². The van der Waals surface area contributed by atoms with Crippen LogP contribution in [0, 0.1) is 13.8 Å². The molecule has 0 radical (unpaired) electrons. The molecule has 2 aromatic rings. The third kappa shape index (κ3) is 2.46. The number of hydrogen-bond acceptors (Lipinski definition) is 5. The Balaban J connectivity index is 2.54. The molecule has 7 heteroatoms. The topological polar surface area (TPSA) is 67.3 Å². The first-order valence-electron chi connectivity index (χ1n) is 5.85. The lowest BCUT2D eigenvalue weighted by molar-refractivity contribution is 0.112. The van der Waals surface area contributed by atoms with E-state index < -0.39 is 10.0 Å². The van der Waals surface area contributed by atoms with E-state index in [1.807, 2.05) is 0 Å². The Bertz CT molecular complexity index is 751. The number of nitrogens with zero attached hydrogens (tertiary/aromatic N) is 2. The molecule has 0 aliphatic rings. The first kappa shape index (κ1) is 14.7. The van der Waals surface area contributed by atoms with E-state index in [9.17, 15) is 13.2 Å². The molecule has 0 unspecified atom stereocenters. The lowest BCUT2D eigenvalue weighted by Gasteiger charge is -2.20. The van der Waals surface area contributed by atoms with Crippen molar-refractivity contribution >= 4 is 33.3 Å². The van der Waals surface area contributed by atoms with Gasteiger partial charge in [-0.15, -0.1) is 11.3 Å². The molecule has 20 heavy (non-hydrogen) atoms. The highest BCUT2D eigenvalue weighted by molar-refractivity contribution is 7.94. The van der Waals surface area contributed by atoms with Crippen LogP contribution in [0.25, 0.3) is 0 Å². The number of aryl methyl sites for hydroxylation is 2. The monoisotopic (exact) mass is 310 g/mol. The van der Waals surface area contributed by atoms with E-state index in [-0.39, 0.29) is 4.21 Å². The first-order chi connectivity index (χ1) is 9.37. The molecular formula is C13H14N2O3S2. The highest BCUT2D eigenvalue weighted by atomic mass is 32.2. The lowest BCUT2D eigenvalue weighted by Crippen LogP contribution is -2.27. The standard InChI is InChI=1S/C13H14N2O3S2/c1-9-13(19-10(2)14-9)20(17,18)15(3)12-7-5-4-6-11(12)8-16/h4-8H,1-3H3. The summed E-state index contributed by atoms with van der Waals surface area (Å²) in [5.74, 6) is 0. The number of aromatic nitrogens is 1. The number of para-hydroxylation sites is 1. The maximum absolute atomic E-state index is 12.6. The van der Waals surface area contributed by atoms with Crippen molar-refractivity contribution in [3.63, 3.8) is 0 Å². The van der Waals surface area contributed by atoms with E-state index in [0.29, 0.717) is 28.2 Å². The van der Waals surface area contributed by atoms with Crippen molar-refractivity contribution in [1.82, 2.24) is 4.98 Å². The fourth-order valence-corrected chi connectivity index (χ4v) is 4.74. The summed E-state index contributed by atoms with van der Waals surface area (Å²) in [6.45, 7) is 3.42. The quantitative estimate of drug-likeness (QED) is 0.813. The number of anilines is 1. The van der Waals surface area contributed by atoms with Gasteiger partial charge < -0.3 is 0 Å². The molecule has 0 spiro atoms. The number of hydrogen-bond donors (Lipinski definition) is 0. The smallest absolute Gasteiger partial charge is 0.275 e. The summed E-state index contributed by atoms with van der Waals surface area (Å²) in [6, 6.07) is 6.57. The number of benzene rings is 1. The molecule has 0 aliphatic carbocycles. The van der Waals surface area contributed by atoms with Crippen LogP contribution >= 0.6 is 11.3 Å². The van der Waals surface area contributed by atoms with Crippen molar-refractivity contribution in [2.45, 2.75) is 18.1 Å². The van der Waals surface area contributed by atoms with Gasteiger partial charge in [0, 0.05) is 12.6 Å². The number of thiazole rings is 1. The minimum absolute atomic E-state index is 0.207. The Labute approximate surface area is 121 Å². The fraction of sp³-hybridized carbons (Fsp3) is 0.231.